The lowest BCUT2D eigenvalue weighted by Crippen LogP contribution is -1.81. The van der Waals surface area contributed by atoms with Crippen molar-refractivity contribution < 1.29 is 0 Å². The quantitative estimate of drug-likeness (QED) is 0.763. The first-order valence-electron chi connectivity index (χ1n) is 3.95. The summed E-state index contributed by atoms with van der Waals surface area (Å²) in [7, 11) is 0. The highest BCUT2D eigenvalue weighted by Gasteiger charge is 2.09. The fourth-order valence-electron chi connectivity index (χ4n) is 1.35. The van der Waals surface area contributed by atoms with Crippen LogP contribution in [0, 0.1) is 11.3 Å². The van der Waals surface area contributed by atoms with E-state index in [1.165, 1.54) is 0 Å². The number of nitriles is 1. The second kappa shape index (κ2) is 3.90. The average molecular weight is 287 g/mol. The van der Waals surface area contributed by atoms with Gasteiger partial charge in [-0.1, -0.05) is 17.7 Å². The van der Waals surface area contributed by atoms with Gasteiger partial charge in [-0.2, -0.15) is 5.26 Å². The van der Waals surface area contributed by atoms with Crippen LogP contribution in [0.1, 0.15) is 5.56 Å². The maximum Gasteiger partial charge on any atom is 0.0670 e. The van der Waals surface area contributed by atoms with Crippen molar-refractivity contribution in [2.45, 2.75) is 6.42 Å². The van der Waals surface area contributed by atoms with E-state index in [1.54, 1.807) is 11.3 Å². The molecule has 1 nitrogen and oxygen atoms in total. The maximum absolute atomic E-state index is 8.67. The van der Waals surface area contributed by atoms with Crippen molar-refractivity contribution in [1.29, 1.82) is 5.26 Å². The minimum absolute atomic E-state index is 0.431. The van der Waals surface area contributed by atoms with Crippen LogP contribution in [0.4, 0.5) is 0 Å². The van der Waals surface area contributed by atoms with E-state index in [9.17, 15) is 0 Å². The molecule has 2 aromatic rings. The highest BCUT2D eigenvalue weighted by molar-refractivity contribution is 9.10. The lowest BCUT2D eigenvalue weighted by atomic mass is 10.1. The topological polar surface area (TPSA) is 23.8 Å². The second-order valence-electron chi connectivity index (χ2n) is 2.83. The van der Waals surface area contributed by atoms with Crippen LogP contribution in [0.5, 0.6) is 0 Å². The predicted octanol–water partition coefficient (Wildman–Crippen LogP) is 4.38. The zero-order chi connectivity index (χ0) is 10.1. The molecule has 0 spiro atoms. The SMILES string of the molecule is N#CCc1ccc(Cl)c2c(Br)csc12. The zero-order valence-electron chi connectivity index (χ0n) is 7.05. The molecule has 0 N–H and O–H groups in total. The number of thiophene rings is 1. The molecule has 1 aromatic carbocycles. The van der Waals surface area contributed by atoms with Crippen LogP contribution in [0.3, 0.4) is 0 Å². The summed E-state index contributed by atoms with van der Waals surface area (Å²) in [6.07, 6.45) is 0.431. The first kappa shape index (κ1) is 9.97. The zero-order valence-corrected chi connectivity index (χ0v) is 10.2. The van der Waals surface area contributed by atoms with Gasteiger partial charge in [0.25, 0.3) is 0 Å². The molecule has 0 aliphatic carbocycles. The van der Waals surface area contributed by atoms with Gasteiger partial charge >= 0.3 is 0 Å². The van der Waals surface area contributed by atoms with Crippen molar-refractivity contribution in [3.05, 3.63) is 32.6 Å². The molecule has 14 heavy (non-hydrogen) atoms. The van der Waals surface area contributed by atoms with Gasteiger partial charge in [0.2, 0.25) is 0 Å². The predicted molar refractivity (Wildman–Crippen MR) is 63.9 cm³/mol. The minimum atomic E-state index is 0.431. The molecule has 0 bridgehead atoms. The first-order valence-corrected chi connectivity index (χ1v) is 6.00. The molecule has 70 valence electrons. The molecule has 0 fully saturated rings. The molecule has 0 amide bonds. The summed E-state index contributed by atoms with van der Waals surface area (Å²) in [6.45, 7) is 0. The van der Waals surface area contributed by atoms with Crippen LogP contribution >= 0.6 is 38.9 Å². The van der Waals surface area contributed by atoms with E-state index in [1.807, 2.05) is 17.5 Å². The van der Waals surface area contributed by atoms with E-state index in [0.29, 0.717) is 6.42 Å². The Kier molecular flexibility index (Phi) is 2.78. The van der Waals surface area contributed by atoms with Gasteiger partial charge < -0.3 is 0 Å². The lowest BCUT2D eigenvalue weighted by molar-refractivity contribution is 1.29. The fourth-order valence-corrected chi connectivity index (χ4v) is 3.57. The van der Waals surface area contributed by atoms with Gasteiger partial charge in [-0.25, -0.2) is 0 Å². The Bertz CT molecular complexity index is 527. The standard InChI is InChI=1S/C10H5BrClNS/c11-7-5-14-10-6(3-4-13)1-2-8(12)9(7)10/h1-2,5H,3H2. The van der Waals surface area contributed by atoms with Crippen LogP contribution in [-0.4, -0.2) is 0 Å². The van der Waals surface area contributed by atoms with Crippen LogP contribution in [0.15, 0.2) is 22.0 Å². The maximum atomic E-state index is 8.67. The van der Waals surface area contributed by atoms with Gasteiger partial charge in [0.1, 0.15) is 0 Å². The molecule has 0 radical (unpaired) electrons. The largest absolute Gasteiger partial charge is 0.198 e. The first-order chi connectivity index (χ1) is 6.74. The van der Waals surface area contributed by atoms with E-state index in [0.717, 1.165) is 25.1 Å². The van der Waals surface area contributed by atoms with Gasteiger partial charge in [0.05, 0.1) is 17.5 Å². The number of rotatable bonds is 1. The number of halogens is 2. The molecule has 0 unspecified atom stereocenters. The van der Waals surface area contributed by atoms with E-state index < -0.39 is 0 Å². The second-order valence-corrected chi connectivity index (χ2v) is 4.97. The molecular formula is C10H5BrClNS. The van der Waals surface area contributed by atoms with Gasteiger partial charge in [0, 0.05) is 19.9 Å². The highest BCUT2D eigenvalue weighted by atomic mass is 79.9. The van der Waals surface area contributed by atoms with Crippen molar-refractivity contribution in [3.8, 4) is 6.07 Å². The van der Waals surface area contributed by atoms with Crippen molar-refractivity contribution in [2.75, 3.05) is 0 Å². The molecule has 4 heteroatoms. The summed E-state index contributed by atoms with van der Waals surface area (Å²) in [5, 5.41) is 12.4. The number of fused-ring (bicyclic) bond motifs is 1. The molecule has 0 atom stereocenters. The van der Waals surface area contributed by atoms with Crippen molar-refractivity contribution >= 4 is 49.0 Å². The smallest absolute Gasteiger partial charge is 0.0670 e. The molecule has 0 saturated heterocycles. The molecule has 0 aliphatic heterocycles. The third-order valence-electron chi connectivity index (χ3n) is 1.98. The molecule has 1 heterocycles. The van der Waals surface area contributed by atoms with Gasteiger partial charge in [-0.05, 0) is 27.6 Å². The number of nitrogens with zero attached hydrogens (tertiary/aromatic N) is 1. The van der Waals surface area contributed by atoms with Gasteiger partial charge in [0.15, 0.2) is 0 Å². The van der Waals surface area contributed by atoms with Crippen LogP contribution in [0.25, 0.3) is 10.1 Å². The Morgan fingerprint density at radius 1 is 1.50 bits per heavy atom. The van der Waals surface area contributed by atoms with Crippen molar-refractivity contribution in [1.82, 2.24) is 0 Å². The summed E-state index contributed by atoms with van der Waals surface area (Å²) in [5.74, 6) is 0. The third kappa shape index (κ3) is 1.54. The minimum Gasteiger partial charge on any atom is -0.198 e. The van der Waals surface area contributed by atoms with Crippen LogP contribution < -0.4 is 0 Å². The van der Waals surface area contributed by atoms with Crippen molar-refractivity contribution in [3.63, 3.8) is 0 Å². The molecule has 2 rings (SSSR count). The number of hydrogen-bond acceptors (Lipinski definition) is 2. The normalized spacial score (nSPS) is 10.4. The Hall–Kier alpha value is -0.560. The monoisotopic (exact) mass is 285 g/mol. The molecule has 0 saturated carbocycles. The molecule has 0 aliphatic rings. The summed E-state index contributed by atoms with van der Waals surface area (Å²) < 4.78 is 2.10. The lowest BCUT2D eigenvalue weighted by Gasteiger charge is -1.99. The average Bonchev–Trinajstić information content (AvgIpc) is 2.54. The molecular weight excluding hydrogens is 282 g/mol. The van der Waals surface area contributed by atoms with Crippen LogP contribution in [-0.2, 0) is 6.42 Å². The van der Waals surface area contributed by atoms with E-state index in [4.69, 9.17) is 16.9 Å². The fraction of sp³-hybridized carbons (Fsp3) is 0.100. The number of hydrogen-bond donors (Lipinski definition) is 0. The summed E-state index contributed by atoms with van der Waals surface area (Å²) in [4.78, 5) is 0. The van der Waals surface area contributed by atoms with Gasteiger partial charge in [-0.3, -0.25) is 0 Å². The third-order valence-corrected chi connectivity index (χ3v) is 4.28. The van der Waals surface area contributed by atoms with E-state index in [2.05, 4.69) is 22.0 Å². The van der Waals surface area contributed by atoms with Gasteiger partial charge in [-0.15, -0.1) is 11.3 Å². The summed E-state index contributed by atoms with van der Waals surface area (Å²) in [6, 6.07) is 5.91. The summed E-state index contributed by atoms with van der Waals surface area (Å²) in [5.41, 5.74) is 1.04. The van der Waals surface area contributed by atoms with E-state index >= 15 is 0 Å². The number of benzene rings is 1. The Balaban J connectivity index is 2.78. The highest BCUT2D eigenvalue weighted by Crippen LogP contribution is 2.37. The van der Waals surface area contributed by atoms with Crippen LogP contribution in [0.2, 0.25) is 5.02 Å². The molecule has 1 aromatic heterocycles. The Labute approximate surface area is 99.0 Å². The Morgan fingerprint density at radius 3 is 3.00 bits per heavy atom. The van der Waals surface area contributed by atoms with E-state index in [-0.39, 0.29) is 0 Å². The van der Waals surface area contributed by atoms with Crippen molar-refractivity contribution in [2.24, 2.45) is 0 Å². The Morgan fingerprint density at radius 2 is 2.29 bits per heavy atom. The summed E-state index contributed by atoms with van der Waals surface area (Å²) >= 11 is 11.1.